The summed E-state index contributed by atoms with van der Waals surface area (Å²) in [6, 6.07) is 8.01. The van der Waals surface area contributed by atoms with Crippen LogP contribution in [0.4, 0.5) is 0 Å². The number of benzene rings is 1. The molecule has 0 aromatic heterocycles. The van der Waals surface area contributed by atoms with E-state index in [0.29, 0.717) is 6.42 Å². The lowest BCUT2D eigenvalue weighted by Crippen LogP contribution is -2.40. The first kappa shape index (κ1) is 11.0. The van der Waals surface area contributed by atoms with Gasteiger partial charge in [0.2, 0.25) is 5.91 Å². The van der Waals surface area contributed by atoms with E-state index in [2.05, 4.69) is 24.4 Å². The molecule has 0 aliphatic carbocycles. The van der Waals surface area contributed by atoms with E-state index < -0.39 is 0 Å². The number of amides is 1. The van der Waals surface area contributed by atoms with Gasteiger partial charge in [0.25, 0.3) is 0 Å². The summed E-state index contributed by atoms with van der Waals surface area (Å²) in [7, 11) is 1.66. The highest BCUT2D eigenvalue weighted by Gasteiger charge is 2.32. The summed E-state index contributed by atoms with van der Waals surface area (Å²) >= 11 is 0. The number of carbonyl (C=O) groups is 1. The van der Waals surface area contributed by atoms with Crippen LogP contribution < -0.4 is 10.1 Å². The molecule has 16 heavy (non-hydrogen) atoms. The van der Waals surface area contributed by atoms with Gasteiger partial charge in [0.05, 0.1) is 7.11 Å². The zero-order valence-corrected chi connectivity index (χ0v) is 9.75. The van der Waals surface area contributed by atoms with E-state index in [4.69, 9.17) is 4.74 Å². The van der Waals surface area contributed by atoms with Gasteiger partial charge < -0.3 is 10.1 Å². The zero-order valence-electron chi connectivity index (χ0n) is 9.75. The van der Waals surface area contributed by atoms with E-state index in [1.165, 1.54) is 5.56 Å². The molecule has 1 unspecified atom stereocenters. The van der Waals surface area contributed by atoms with Crippen molar-refractivity contribution in [2.24, 2.45) is 0 Å². The zero-order chi connectivity index (χ0) is 11.6. The molecule has 1 aromatic rings. The van der Waals surface area contributed by atoms with Crippen molar-refractivity contribution >= 4 is 5.91 Å². The lowest BCUT2D eigenvalue weighted by Gasteiger charge is -2.23. The first-order chi connectivity index (χ1) is 7.61. The largest absolute Gasteiger partial charge is 0.497 e. The third-order valence-corrected chi connectivity index (χ3v) is 3.10. The Labute approximate surface area is 95.8 Å². The van der Waals surface area contributed by atoms with Crippen molar-refractivity contribution in [2.75, 3.05) is 7.11 Å². The van der Waals surface area contributed by atoms with E-state index in [1.54, 1.807) is 7.11 Å². The lowest BCUT2D eigenvalue weighted by molar-refractivity contribution is -0.119. The van der Waals surface area contributed by atoms with Gasteiger partial charge in [-0.05, 0) is 37.5 Å². The number of ether oxygens (including phenoxy) is 1. The molecule has 1 aromatic carbocycles. The van der Waals surface area contributed by atoms with Crippen LogP contribution in [0.5, 0.6) is 5.75 Å². The second-order valence-corrected chi connectivity index (χ2v) is 4.63. The normalized spacial score (nSPS) is 24.2. The summed E-state index contributed by atoms with van der Waals surface area (Å²) in [5.41, 5.74) is 1.15. The Morgan fingerprint density at radius 3 is 2.56 bits per heavy atom. The SMILES string of the molecule is COc1ccc(CC2(C)CCC(=O)N2)cc1. The molecule has 1 saturated heterocycles. The first-order valence-corrected chi connectivity index (χ1v) is 5.55. The van der Waals surface area contributed by atoms with Gasteiger partial charge in [-0.3, -0.25) is 4.79 Å². The van der Waals surface area contributed by atoms with Crippen LogP contribution >= 0.6 is 0 Å². The Morgan fingerprint density at radius 2 is 2.06 bits per heavy atom. The van der Waals surface area contributed by atoms with Crippen LogP contribution in [0.3, 0.4) is 0 Å². The second kappa shape index (κ2) is 4.16. The van der Waals surface area contributed by atoms with Crippen LogP contribution in [0, 0.1) is 0 Å². The number of hydrogen-bond acceptors (Lipinski definition) is 2. The third kappa shape index (κ3) is 2.35. The fourth-order valence-electron chi connectivity index (χ4n) is 2.18. The monoisotopic (exact) mass is 219 g/mol. The molecule has 1 aliphatic heterocycles. The Bertz CT molecular complexity index is 385. The van der Waals surface area contributed by atoms with Crippen LogP contribution in [0.25, 0.3) is 0 Å². The van der Waals surface area contributed by atoms with Gasteiger partial charge in [-0.15, -0.1) is 0 Å². The maximum Gasteiger partial charge on any atom is 0.220 e. The molecule has 1 atom stereocenters. The lowest BCUT2D eigenvalue weighted by atomic mass is 9.91. The van der Waals surface area contributed by atoms with Gasteiger partial charge in [0.1, 0.15) is 5.75 Å². The molecular formula is C13H17NO2. The molecule has 0 spiro atoms. The van der Waals surface area contributed by atoms with Crippen LogP contribution in [0.1, 0.15) is 25.3 Å². The highest BCUT2D eigenvalue weighted by Crippen LogP contribution is 2.24. The van der Waals surface area contributed by atoms with E-state index in [9.17, 15) is 4.79 Å². The van der Waals surface area contributed by atoms with Crippen molar-refractivity contribution in [3.63, 3.8) is 0 Å². The fraction of sp³-hybridized carbons (Fsp3) is 0.462. The predicted octanol–water partition coefficient (Wildman–Crippen LogP) is 1.91. The van der Waals surface area contributed by atoms with Gasteiger partial charge in [-0.2, -0.15) is 0 Å². The molecule has 1 heterocycles. The fourth-order valence-corrected chi connectivity index (χ4v) is 2.18. The summed E-state index contributed by atoms with van der Waals surface area (Å²) in [6.07, 6.45) is 2.44. The molecule has 2 rings (SSSR count). The van der Waals surface area contributed by atoms with Gasteiger partial charge in [0.15, 0.2) is 0 Å². The van der Waals surface area contributed by atoms with Gasteiger partial charge >= 0.3 is 0 Å². The standard InChI is InChI=1S/C13H17NO2/c1-13(8-7-12(15)14-13)9-10-3-5-11(16-2)6-4-10/h3-6H,7-9H2,1-2H3,(H,14,15). The first-order valence-electron chi connectivity index (χ1n) is 5.55. The van der Waals surface area contributed by atoms with Crippen molar-refractivity contribution in [1.82, 2.24) is 5.32 Å². The number of rotatable bonds is 3. The summed E-state index contributed by atoms with van der Waals surface area (Å²) in [6.45, 7) is 2.10. The number of hydrogen-bond donors (Lipinski definition) is 1. The van der Waals surface area contributed by atoms with Crippen molar-refractivity contribution < 1.29 is 9.53 Å². The summed E-state index contributed by atoms with van der Waals surface area (Å²) in [4.78, 5) is 11.2. The Balaban J connectivity index is 2.06. The molecule has 3 heteroatoms. The van der Waals surface area contributed by atoms with Gasteiger partial charge in [-0.25, -0.2) is 0 Å². The van der Waals surface area contributed by atoms with E-state index in [-0.39, 0.29) is 11.4 Å². The molecular weight excluding hydrogens is 202 g/mol. The summed E-state index contributed by atoms with van der Waals surface area (Å²) in [5, 5.41) is 3.04. The molecule has 1 amide bonds. The van der Waals surface area contributed by atoms with Crippen LogP contribution in [-0.4, -0.2) is 18.6 Å². The average molecular weight is 219 g/mol. The quantitative estimate of drug-likeness (QED) is 0.843. The maximum atomic E-state index is 11.2. The molecule has 1 N–H and O–H groups in total. The van der Waals surface area contributed by atoms with Crippen molar-refractivity contribution in [3.8, 4) is 5.75 Å². The number of methoxy groups -OCH3 is 1. The van der Waals surface area contributed by atoms with Crippen molar-refractivity contribution in [3.05, 3.63) is 29.8 Å². The third-order valence-electron chi connectivity index (χ3n) is 3.10. The van der Waals surface area contributed by atoms with Crippen molar-refractivity contribution in [1.29, 1.82) is 0 Å². The highest BCUT2D eigenvalue weighted by atomic mass is 16.5. The maximum absolute atomic E-state index is 11.2. The minimum Gasteiger partial charge on any atom is -0.497 e. The molecule has 3 nitrogen and oxygen atoms in total. The molecule has 0 radical (unpaired) electrons. The smallest absolute Gasteiger partial charge is 0.220 e. The predicted molar refractivity (Wildman–Crippen MR) is 62.5 cm³/mol. The molecule has 1 fully saturated rings. The molecule has 86 valence electrons. The Morgan fingerprint density at radius 1 is 1.38 bits per heavy atom. The molecule has 1 aliphatic rings. The molecule has 0 bridgehead atoms. The topological polar surface area (TPSA) is 38.3 Å². The van der Waals surface area contributed by atoms with Gasteiger partial charge in [0, 0.05) is 12.0 Å². The summed E-state index contributed by atoms with van der Waals surface area (Å²) < 4.78 is 5.11. The van der Waals surface area contributed by atoms with E-state index in [1.807, 2.05) is 12.1 Å². The van der Waals surface area contributed by atoms with Crippen LogP contribution in [-0.2, 0) is 11.2 Å². The Hall–Kier alpha value is -1.51. The minimum absolute atomic E-state index is 0.0777. The number of nitrogens with one attached hydrogen (secondary N) is 1. The van der Waals surface area contributed by atoms with E-state index >= 15 is 0 Å². The van der Waals surface area contributed by atoms with Crippen LogP contribution in [0.2, 0.25) is 0 Å². The Kier molecular flexibility index (Phi) is 2.86. The van der Waals surface area contributed by atoms with E-state index in [0.717, 1.165) is 18.6 Å². The van der Waals surface area contributed by atoms with Gasteiger partial charge in [-0.1, -0.05) is 12.1 Å². The van der Waals surface area contributed by atoms with Crippen molar-refractivity contribution in [2.45, 2.75) is 31.7 Å². The second-order valence-electron chi connectivity index (χ2n) is 4.63. The number of carbonyl (C=O) groups excluding carboxylic acids is 1. The molecule has 0 saturated carbocycles. The van der Waals surface area contributed by atoms with Crippen LogP contribution in [0.15, 0.2) is 24.3 Å². The summed E-state index contributed by atoms with van der Waals surface area (Å²) in [5.74, 6) is 1.03. The average Bonchev–Trinajstić information content (AvgIpc) is 2.59. The highest BCUT2D eigenvalue weighted by molar-refractivity contribution is 5.79. The minimum atomic E-state index is -0.0777.